The molecule has 3 rings (SSSR count). The molecular weight excluding hydrogens is 460 g/mol. The molecule has 0 radical (unpaired) electrons. The standard InChI is InChI=1S/C29H42O7/c1-9-17(3)11-13-28(8)19(5)12-14-29-23(26(33-20(6)30)36-27(29)34-21(7)31)15-22(16-24(28)29)35-25(32)18(4)10-2/h9,11,15,18-19,22,24,26-27H,1,10,12-14,16H2,2-8H3/b17-11+/t18?,19-,22-,24+,26+,27-,28-,29?/m0/s1. The molecule has 2 aliphatic carbocycles. The lowest BCUT2D eigenvalue weighted by atomic mass is 9.46. The van der Waals surface area contributed by atoms with Crippen LogP contribution in [0.1, 0.15) is 80.6 Å². The Kier molecular flexibility index (Phi) is 8.54. The van der Waals surface area contributed by atoms with E-state index in [1.807, 2.05) is 32.9 Å². The first-order chi connectivity index (χ1) is 16.9. The lowest BCUT2D eigenvalue weighted by molar-refractivity contribution is -0.235. The smallest absolute Gasteiger partial charge is 0.309 e. The minimum atomic E-state index is -0.998. The van der Waals surface area contributed by atoms with Gasteiger partial charge in [0, 0.05) is 19.4 Å². The van der Waals surface area contributed by atoms with Gasteiger partial charge in [-0.25, -0.2) is 0 Å². The summed E-state index contributed by atoms with van der Waals surface area (Å²) in [5.41, 5.74) is 0.925. The molecule has 200 valence electrons. The molecule has 1 spiro atoms. The van der Waals surface area contributed by atoms with Crippen molar-refractivity contribution in [2.45, 2.75) is 99.3 Å². The molecule has 0 N–H and O–H groups in total. The summed E-state index contributed by atoms with van der Waals surface area (Å²) in [5, 5.41) is 0. The molecule has 1 heterocycles. The van der Waals surface area contributed by atoms with Crippen LogP contribution in [-0.4, -0.2) is 36.6 Å². The fraction of sp³-hybridized carbons (Fsp3) is 0.690. The van der Waals surface area contributed by atoms with Gasteiger partial charge in [0.1, 0.15) is 6.10 Å². The number of allylic oxidation sites excluding steroid dienone is 3. The number of ether oxygens (including phenoxy) is 4. The van der Waals surface area contributed by atoms with Crippen LogP contribution in [0.3, 0.4) is 0 Å². The highest BCUT2D eigenvalue weighted by molar-refractivity contribution is 5.72. The largest absolute Gasteiger partial charge is 0.458 e. The van der Waals surface area contributed by atoms with Gasteiger partial charge < -0.3 is 14.2 Å². The second-order valence-corrected chi connectivity index (χ2v) is 11.1. The van der Waals surface area contributed by atoms with Crippen LogP contribution in [-0.2, 0) is 33.3 Å². The van der Waals surface area contributed by atoms with Crippen LogP contribution in [0.2, 0.25) is 0 Å². The van der Waals surface area contributed by atoms with Crippen molar-refractivity contribution in [3.63, 3.8) is 0 Å². The predicted octanol–water partition coefficient (Wildman–Crippen LogP) is 5.64. The van der Waals surface area contributed by atoms with E-state index in [0.717, 1.165) is 24.0 Å². The number of rotatable bonds is 8. The van der Waals surface area contributed by atoms with Crippen LogP contribution >= 0.6 is 0 Å². The van der Waals surface area contributed by atoms with E-state index >= 15 is 0 Å². The number of hydrogen-bond acceptors (Lipinski definition) is 7. The maximum absolute atomic E-state index is 12.8. The first-order valence-corrected chi connectivity index (χ1v) is 13.1. The Balaban J connectivity index is 2.16. The van der Waals surface area contributed by atoms with Gasteiger partial charge in [0.2, 0.25) is 12.6 Å². The van der Waals surface area contributed by atoms with E-state index in [1.165, 1.54) is 13.8 Å². The van der Waals surface area contributed by atoms with Crippen molar-refractivity contribution in [2.24, 2.45) is 28.6 Å². The Morgan fingerprint density at radius 2 is 1.86 bits per heavy atom. The molecule has 1 saturated heterocycles. The maximum Gasteiger partial charge on any atom is 0.309 e. The number of esters is 3. The molecule has 7 nitrogen and oxygen atoms in total. The van der Waals surface area contributed by atoms with E-state index < -0.39 is 36.0 Å². The molecule has 2 fully saturated rings. The summed E-state index contributed by atoms with van der Waals surface area (Å²) in [7, 11) is 0. The Morgan fingerprint density at radius 3 is 2.44 bits per heavy atom. The Morgan fingerprint density at radius 1 is 1.19 bits per heavy atom. The van der Waals surface area contributed by atoms with Crippen LogP contribution in [0.15, 0.2) is 36.0 Å². The summed E-state index contributed by atoms with van der Waals surface area (Å²) in [6, 6.07) is 0. The second kappa shape index (κ2) is 10.9. The highest BCUT2D eigenvalue weighted by Gasteiger charge is 2.67. The van der Waals surface area contributed by atoms with Gasteiger partial charge in [-0.2, -0.15) is 0 Å². The fourth-order valence-electron chi connectivity index (χ4n) is 6.24. The number of hydrogen-bond donors (Lipinski definition) is 0. The molecule has 36 heavy (non-hydrogen) atoms. The summed E-state index contributed by atoms with van der Waals surface area (Å²) >= 11 is 0. The molecule has 8 atom stereocenters. The summed E-state index contributed by atoms with van der Waals surface area (Å²) in [5.74, 6) is -1.13. The first-order valence-electron chi connectivity index (χ1n) is 13.1. The van der Waals surface area contributed by atoms with Gasteiger partial charge in [-0.05, 0) is 62.4 Å². The molecule has 0 bridgehead atoms. The molecule has 0 aromatic heterocycles. The van der Waals surface area contributed by atoms with Crippen LogP contribution in [0.25, 0.3) is 0 Å². The molecule has 7 heteroatoms. The van der Waals surface area contributed by atoms with Crippen molar-refractivity contribution >= 4 is 17.9 Å². The fourth-order valence-corrected chi connectivity index (χ4v) is 6.24. The average molecular weight is 503 g/mol. The van der Waals surface area contributed by atoms with Gasteiger partial charge in [0.15, 0.2) is 0 Å². The Labute approximate surface area is 215 Å². The second-order valence-electron chi connectivity index (χ2n) is 11.1. The predicted molar refractivity (Wildman–Crippen MR) is 135 cm³/mol. The highest BCUT2D eigenvalue weighted by Crippen LogP contribution is 2.67. The number of carbonyl (C=O) groups excluding carboxylic acids is 3. The zero-order valence-corrected chi connectivity index (χ0v) is 22.8. The lowest BCUT2D eigenvalue weighted by Crippen LogP contribution is -2.57. The van der Waals surface area contributed by atoms with Gasteiger partial charge in [0.05, 0.1) is 11.3 Å². The third-order valence-corrected chi connectivity index (χ3v) is 8.84. The third kappa shape index (κ3) is 5.17. The van der Waals surface area contributed by atoms with E-state index in [0.29, 0.717) is 25.2 Å². The van der Waals surface area contributed by atoms with E-state index in [1.54, 1.807) is 0 Å². The minimum Gasteiger partial charge on any atom is -0.458 e. The topological polar surface area (TPSA) is 88.1 Å². The SMILES string of the molecule is C=C/C(C)=C/C[C@@]1(C)[C@@H](C)CCC23C(=C[C@H](OC(=O)C(C)CC)C[C@@H]21)[C@H](OC(C)=O)O[C@@H]3OC(C)=O. The van der Waals surface area contributed by atoms with Crippen molar-refractivity contribution in [1.82, 2.24) is 0 Å². The normalized spacial score (nSPS) is 36.6. The molecule has 3 aliphatic rings. The molecule has 1 saturated carbocycles. The van der Waals surface area contributed by atoms with Crippen LogP contribution in [0.5, 0.6) is 0 Å². The Hall–Kier alpha value is -2.41. The minimum absolute atomic E-state index is 0.0535. The van der Waals surface area contributed by atoms with Crippen molar-refractivity contribution in [1.29, 1.82) is 0 Å². The van der Waals surface area contributed by atoms with Gasteiger partial charge in [-0.3, -0.25) is 19.1 Å². The lowest BCUT2D eigenvalue weighted by Gasteiger charge is -2.58. The molecule has 0 aromatic carbocycles. The van der Waals surface area contributed by atoms with Crippen LogP contribution < -0.4 is 0 Å². The van der Waals surface area contributed by atoms with Crippen LogP contribution in [0, 0.1) is 28.6 Å². The number of carbonyl (C=O) groups is 3. The van der Waals surface area contributed by atoms with E-state index in [-0.39, 0.29) is 23.2 Å². The average Bonchev–Trinajstić information content (AvgIpc) is 3.10. The monoisotopic (exact) mass is 502 g/mol. The molecular formula is C29H42O7. The van der Waals surface area contributed by atoms with Gasteiger partial charge in [-0.15, -0.1) is 0 Å². The van der Waals surface area contributed by atoms with E-state index in [2.05, 4.69) is 26.5 Å². The van der Waals surface area contributed by atoms with E-state index in [9.17, 15) is 14.4 Å². The summed E-state index contributed by atoms with van der Waals surface area (Å²) in [6.07, 6.45) is 7.17. The van der Waals surface area contributed by atoms with E-state index in [4.69, 9.17) is 18.9 Å². The summed E-state index contributed by atoms with van der Waals surface area (Å²) in [6.45, 7) is 16.9. The third-order valence-electron chi connectivity index (χ3n) is 8.84. The van der Waals surface area contributed by atoms with Crippen molar-refractivity contribution in [3.8, 4) is 0 Å². The zero-order chi connectivity index (χ0) is 26.8. The highest BCUT2D eigenvalue weighted by atomic mass is 16.8. The molecule has 2 unspecified atom stereocenters. The summed E-state index contributed by atoms with van der Waals surface area (Å²) < 4.78 is 23.5. The molecule has 0 amide bonds. The summed E-state index contributed by atoms with van der Waals surface area (Å²) in [4.78, 5) is 36.9. The van der Waals surface area contributed by atoms with Crippen molar-refractivity contribution in [3.05, 3.63) is 36.0 Å². The van der Waals surface area contributed by atoms with Gasteiger partial charge >= 0.3 is 17.9 Å². The van der Waals surface area contributed by atoms with Gasteiger partial charge in [0.25, 0.3) is 0 Å². The van der Waals surface area contributed by atoms with Crippen molar-refractivity contribution in [2.75, 3.05) is 0 Å². The van der Waals surface area contributed by atoms with Gasteiger partial charge in [-0.1, -0.05) is 52.0 Å². The quantitative estimate of drug-likeness (QED) is 0.184. The zero-order valence-electron chi connectivity index (χ0n) is 22.8. The Bertz CT molecular complexity index is 949. The molecule has 1 aliphatic heterocycles. The molecule has 0 aromatic rings. The van der Waals surface area contributed by atoms with Crippen LogP contribution in [0.4, 0.5) is 0 Å². The first kappa shape index (κ1) is 28.2. The maximum atomic E-state index is 12.8. The van der Waals surface area contributed by atoms with Crippen molar-refractivity contribution < 1.29 is 33.3 Å².